The number of halogens is 2. The molecule has 27 heavy (non-hydrogen) atoms. The van der Waals surface area contributed by atoms with Crippen molar-refractivity contribution in [1.29, 1.82) is 0 Å². The molecule has 0 unspecified atom stereocenters. The smallest absolute Gasteiger partial charge is 0.162 e. The normalized spacial score (nSPS) is 11.0. The molecule has 1 N–H and O–H groups in total. The van der Waals surface area contributed by atoms with Gasteiger partial charge in [0.05, 0.1) is 5.52 Å². The SMILES string of the molecule is Cc1cc(-c2nc(Nc3ccc(F)c(F)c3)c3ccccc3n2)cc(C)n1. The Kier molecular flexibility index (Phi) is 4.24. The zero-order valence-corrected chi connectivity index (χ0v) is 14.8. The molecule has 4 nitrogen and oxygen atoms in total. The molecule has 0 aliphatic rings. The molecule has 6 heteroatoms. The Morgan fingerprint density at radius 1 is 0.778 bits per heavy atom. The highest BCUT2D eigenvalue weighted by Crippen LogP contribution is 2.28. The number of hydrogen-bond donors (Lipinski definition) is 1. The molecule has 2 aromatic carbocycles. The first-order chi connectivity index (χ1) is 13.0. The number of anilines is 2. The quantitative estimate of drug-likeness (QED) is 0.535. The molecule has 0 spiro atoms. The maximum absolute atomic E-state index is 13.6. The van der Waals surface area contributed by atoms with Crippen LogP contribution in [-0.4, -0.2) is 15.0 Å². The van der Waals surface area contributed by atoms with Crippen LogP contribution in [0.2, 0.25) is 0 Å². The van der Waals surface area contributed by atoms with Gasteiger partial charge in [0.15, 0.2) is 17.5 Å². The summed E-state index contributed by atoms with van der Waals surface area (Å²) < 4.78 is 26.8. The monoisotopic (exact) mass is 362 g/mol. The Hall–Kier alpha value is -3.41. The lowest BCUT2D eigenvalue weighted by atomic mass is 10.1. The van der Waals surface area contributed by atoms with Gasteiger partial charge in [-0.3, -0.25) is 4.98 Å². The summed E-state index contributed by atoms with van der Waals surface area (Å²) in [7, 11) is 0. The van der Waals surface area contributed by atoms with Gasteiger partial charge >= 0.3 is 0 Å². The Morgan fingerprint density at radius 3 is 2.26 bits per heavy atom. The van der Waals surface area contributed by atoms with E-state index in [1.165, 1.54) is 6.07 Å². The topological polar surface area (TPSA) is 50.7 Å². The predicted octanol–water partition coefficient (Wildman–Crippen LogP) is 5.33. The first-order valence-corrected chi connectivity index (χ1v) is 8.44. The molecule has 2 aromatic heterocycles. The first-order valence-electron chi connectivity index (χ1n) is 8.44. The second-order valence-electron chi connectivity index (χ2n) is 6.31. The van der Waals surface area contributed by atoms with Crippen LogP contribution in [0, 0.1) is 25.5 Å². The molecule has 2 heterocycles. The fourth-order valence-electron chi connectivity index (χ4n) is 2.98. The standard InChI is InChI=1S/C21H16F2N4/c1-12-9-14(10-13(2)24-12)20-26-19-6-4-3-5-16(19)21(27-20)25-15-7-8-17(22)18(23)11-15/h3-11H,1-2H3,(H,25,26,27). The molecular formula is C21H16F2N4. The molecule has 0 aliphatic heterocycles. The fourth-order valence-corrected chi connectivity index (χ4v) is 2.98. The van der Waals surface area contributed by atoms with E-state index in [1.807, 2.05) is 50.2 Å². The molecule has 0 radical (unpaired) electrons. The third-order valence-electron chi connectivity index (χ3n) is 4.13. The average molecular weight is 362 g/mol. The molecule has 4 rings (SSSR count). The Bertz CT molecular complexity index is 1140. The van der Waals surface area contributed by atoms with Gasteiger partial charge in [0.2, 0.25) is 0 Å². The number of pyridine rings is 1. The Morgan fingerprint density at radius 2 is 1.52 bits per heavy atom. The number of aromatic nitrogens is 3. The van der Waals surface area contributed by atoms with Crippen LogP contribution in [0.1, 0.15) is 11.4 Å². The van der Waals surface area contributed by atoms with Crippen LogP contribution in [0.4, 0.5) is 20.3 Å². The summed E-state index contributed by atoms with van der Waals surface area (Å²) >= 11 is 0. The average Bonchev–Trinajstić information content (AvgIpc) is 2.64. The Labute approximate surface area is 154 Å². The molecule has 134 valence electrons. The van der Waals surface area contributed by atoms with Gasteiger partial charge in [0.1, 0.15) is 5.82 Å². The van der Waals surface area contributed by atoms with Crippen LogP contribution in [0.5, 0.6) is 0 Å². The van der Waals surface area contributed by atoms with Gasteiger partial charge in [-0.15, -0.1) is 0 Å². The molecule has 0 saturated heterocycles. The lowest BCUT2D eigenvalue weighted by molar-refractivity contribution is 0.509. The second kappa shape index (κ2) is 6.72. The van der Waals surface area contributed by atoms with Crippen molar-refractivity contribution >= 4 is 22.4 Å². The molecule has 0 bridgehead atoms. The van der Waals surface area contributed by atoms with E-state index in [1.54, 1.807) is 0 Å². The van der Waals surface area contributed by atoms with Crippen molar-refractivity contribution < 1.29 is 8.78 Å². The van der Waals surface area contributed by atoms with Crippen molar-refractivity contribution in [2.45, 2.75) is 13.8 Å². The zero-order chi connectivity index (χ0) is 19.0. The van der Waals surface area contributed by atoms with Gasteiger partial charge in [0.25, 0.3) is 0 Å². The van der Waals surface area contributed by atoms with E-state index < -0.39 is 11.6 Å². The minimum atomic E-state index is -0.918. The summed E-state index contributed by atoms with van der Waals surface area (Å²) in [6.07, 6.45) is 0. The fraction of sp³-hybridized carbons (Fsp3) is 0.0952. The molecule has 0 fully saturated rings. The molecule has 0 aliphatic carbocycles. The second-order valence-corrected chi connectivity index (χ2v) is 6.31. The van der Waals surface area contributed by atoms with Crippen molar-refractivity contribution in [2.24, 2.45) is 0 Å². The third-order valence-corrected chi connectivity index (χ3v) is 4.13. The van der Waals surface area contributed by atoms with Gasteiger partial charge < -0.3 is 5.32 Å². The van der Waals surface area contributed by atoms with Crippen LogP contribution >= 0.6 is 0 Å². The van der Waals surface area contributed by atoms with E-state index in [-0.39, 0.29) is 0 Å². The number of para-hydroxylation sites is 1. The number of nitrogens with zero attached hydrogens (tertiary/aromatic N) is 3. The van der Waals surface area contributed by atoms with Gasteiger partial charge in [-0.2, -0.15) is 0 Å². The van der Waals surface area contributed by atoms with Crippen molar-refractivity contribution in [3.05, 3.63) is 77.6 Å². The molecule has 4 aromatic rings. The predicted molar refractivity (Wildman–Crippen MR) is 102 cm³/mol. The third kappa shape index (κ3) is 3.46. The van der Waals surface area contributed by atoms with Crippen LogP contribution < -0.4 is 5.32 Å². The summed E-state index contributed by atoms with van der Waals surface area (Å²) in [4.78, 5) is 13.7. The lowest BCUT2D eigenvalue weighted by Gasteiger charge is -2.12. The minimum Gasteiger partial charge on any atom is -0.340 e. The maximum Gasteiger partial charge on any atom is 0.162 e. The molecular weight excluding hydrogens is 346 g/mol. The van der Waals surface area contributed by atoms with Crippen LogP contribution in [0.25, 0.3) is 22.3 Å². The van der Waals surface area contributed by atoms with Crippen LogP contribution in [0.15, 0.2) is 54.6 Å². The van der Waals surface area contributed by atoms with E-state index in [0.29, 0.717) is 17.3 Å². The van der Waals surface area contributed by atoms with E-state index in [4.69, 9.17) is 0 Å². The highest BCUT2D eigenvalue weighted by atomic mass is 19.2. The van der Waals surface area contributed by atoms with E-state index in [2.05, 4.69) is 20.3 Å². The van der Waals surface area contributed by atoms with Crippen molar-refractivity contribution in [3.63, 3.8) is 0 Å². The maximum atomic E-state index is 13.6. The number of aryl methyl sites for hydroxylation is 2. The number of hydrogen-bond acceptors (Lipinski definition) is 4. The first kappa shape index (κ1) is 17.0. The number of nitrogens with one attached hydrogen (secondary N) is 1. The molecule has 0 saturated carbocycles. The number of fused-ring (bicyclic) bond motifs is 1. The highest BCUT2D eigenvalue weighted by Gasteiger charge is 2.12. The summed E-state index contributed by atoms with van der Waals surface area (Å²) in [5.41, 5.74) is 3.75. The van der Waals surface area contributed by atoms with E-state index in [9.17, 15) is 8.78 Å². The van der Waals surface area contributed by atoms with Gasteiger partial charge in [-0.25, -0.2) is 18.7 Å². The van der Waals surface area contributed by atoms with Crippen molar-refractivity contribution in [3.8, 4) is 11.4 Å². The van der Waals surface area contributed by atoms with Crippen molar-refractivity contribution in [1.82, 2.24) is 15.0 Å². The summed E-state index contributed by atoms with van der Waals surface area (Å²) in [5, 5.41) is 3.87. The summed E-state index contributed by atoms with van der Waals surface area (Å²) in [6.45, 7) is 3.83. The largest absolute Gasteiger partial charge is 0.340 e. The number of rotatable bonds is 3. The van der Waals surface area contributed by atoms with Gasteiger partial charge in [0, 0.05) is 34.1 Å². The highest BCUT2D eigenvalue weighted by molar-refractivity contribution is 5.92. The molecule has 0 amide bonds. The zero-order valence-electron chi connectivity index (χ0n) is 14.8. The lowest BCUT2D eigenvalue weighted by Crippen LogP contribution is -2.01. The van der Waals surface area contributed by atoms with Gasteiger partial charge in [-0.05, 0) is 50.2 Å². The van der Waals surface area contributed by atoms with E-state index >= 15 is 0 Å². The summed E-state index contributed by atoms with van der Waals surface area (Å²) in [6, 6.07) is 15.0. The van der Waals surface area contributed by atoms with Crippen molar-refractivity contribution in [2.75, 3.05) is 5.32 Å². The van der Waals surface area contributed by atoms with Crippen LogP contribution in [0.3, 0.4) is 0 Å². The molecule has 0 atom stereocenters. The Balaban J connectivity index is 1.86. The minimum absolute atomic E-state index is 0.408. The van der Waals surface area contributed by atoms with Crippen LogP contribution in [-0.2, 0) is 0 Å². The summed E-state index contributed by atoms with van der Waals surface area (Å²) in [5.74, 6) is -0.753. The number of benzene rings is 2. The van der Waals surface area contributed by atoms with E-state index in [0.717, 1.165) is 40.0 Å². The van der Waals surface area contributed by atoms with Gasteiger partial charge in [-0.1, -0.05) is 12.1 Å².